The fourth-order valence-electron chi connectivity index (χ4n) is 3.50. The van der Waals surface area contributed by atoms with Crippen LogP contribution < -0.4 is 0 Å². The number of likely N-dealkylation sites (tertiary alicyclic amines) is 1. The molecule has 1 amide bonds. The van der Waals surface area contributed by atoms with Gasteiger partial charge in [0.2, 0.25) is 5.91 Å². The molecule has 0 aliphatic carbocycles. The topological polar surface area (TPSA) is 32.8 Å². The summed E-state index contributed by atoms with van der Waals surface area (Å²) in [6.45, 7) is 2.55. The number of carbonyl (C=O) groups is 1. The maximum Gasteiger partial charge on any atom is 0.240 e. The maximum atomic E-state index is 13.9. The standard InChI is InChI=1S/C17H22ClFN2O2/c1-20(11-13-14(18)3-2-4-15(13)19)16-5-8-21(17(16)22)12-6-9-23-10-7-12/h2-4,12,16H,5-11H2,1H3/t16-/m1/s1. The number of rotatable bonds is 4. The zero-order valence-corrected chi connectivity index (χ0v) is 14.1. The molecule has 1 aromatic rings. The molecule has 4 nitrogen and oxygen atoms in total. The molecule has 0 spiro atoms. The number of halogens is 2. The van der Waals surface area contributed by atoms with E-state index in [0.29, 0.717) is 17.1 Å². The number of nitrogens with zero attached hydrogens (tertiary/aromatic N) is 2. The van der Waals surface area contributed by atoms with Gasteiger partial charge in [-0.1, -0.05) is 17.7 Å². The van der Waals surface area contributed by atoms with E-state index in [0.717, 1.165) is 39.0 Å². The molecule has 0 bridgehead atoms. The highest BCUT2D eigenvalue weighted by Crippen LogP contribution is 2.26. The van der Waals surface area contributed by atoms with Gasteiger partial charge in [0.25, 0.3) is 0 Å². The molecule has 23 heavy (non-hydrogen) atoms. The Morgan fingerprint density at radius 3 is 2.78 bits per heavy atom. The predicted molar refractivity (Wildman–Crippen MR) is 86.8 cm³/mol. The number of benzene rings is 1. The summed E-state index contributed by atoms with van der Waals surface area (Å²) in [5, 5.41) is 0.406. The normalized spacial score (nSPS) is 23.0. The highest BCUT2D eigenvalue weighted by atomic mass is 35.5. The number of likely N-dealkylation sites (N-methyl/N-ethyl adjacent to an activating group) is 1. The second-order valence-electron chi connectivity index (χ2n) is 6.29. The lowest BCUT2D eigenvalue weighted by molar-refractivity contribution is -0.135. The van der Waals surface area contributed by atoms with Crippen LogP contribution in [0.1, 0.15) is 24.8 Å². The van der Waals surface area contributed by atoms with E-state index in [1.807, 2.05) is 16.8 Å². The van der Waals surface area contributed by atoms with E-state index in [1.165, 1.54) is 6.07 Å². The molecule has 0 saturated carbocycles. The van der Waals surface area contributed by atoms with E-state index in [4.69, 9.17) is 16.3 Å². The average Bonchev–Trinajstić information content (AvgIpc) is 2.93. The summed E-state index contributed by atoms with van der Waals surface area (Å²) in [6, 6.07) is 4.76. The Kier molecular flexibility index (Phi) is 5.19. The van der Waals surface area contributed by atoms with E-state index in [-0.39, 0.29) is 23.8 Å². The van der Waals surface area contributed by atoms with Crippen LogP contribution in [0, 0.1) is 5.82 Å². The van der Waals surface area contributed by atoms with Gasteiger partial charge in [-0.15, -0.1) is 0 Å². The zero-order chi connectivity index (χ0) is 16.4. The minimum absolute atomic E-state index is 0.145. The molecule has 126 valence electrons. The van der Waals surface area contributed by atoms with Crippen molar-refractivity contribution in [2.45, 2.75) is 37.9 Å². The molecule has 2 heterocycles. The SMILES string of the molecule is CN(Cc1c(F)cccc1Cl)[C@@H]1CCN(C2CCOCC2)C1=O. The largest absolute Gasteiger partial charge is 0.381 e. The lowest BCUT2D eigenvalue weighted by Crippen LogP contribution is -2.45. The van der Waals surface area contributed by atoms with E-state index >= 15 is 0 Å². The van der Waals surface area contributed by atoms with Crippen molar-refractivity contribution in [3.63, 3.8) is 0 Å². The predicted octanol–water partition coefficient (Wildman–Crippen LogP) is 2.69. The Bertz CT molecular complexity index is 557. The summed E-state index contributed by atoms with van der Waals surface area (Å²) in [7, 11) is 1.86. The number of ether oxygens (including phenoxy) is 1. The van der Waals surface area contributed by atoms with Crippen LogP contribution in [0.25, 0.3) is 0 Å². The van der Waals surface area contributed by atoms with E-state index < -0.39 is 0 Å². The van der Waals surface area contributed by atoms with Gasteiger partial charge in [0, 0.05) is 42.9 Å². The van der Waals surface area contributed by atoms with Crippen molar-refractivity contribution < 1.29 is 13.9 Å². The third-order valence-corrected chi connectivity index (χ3v) is 5.20. The maximum absolute atomic E-state index is 13.9. The number of amides is 1. The molecule has 0 N–H and O–H groups in total. The molecule has 2 aliphatic heterocycles. The first kappa shape index (κ1) is 16.7. The number of hydrogen-bond donors (Lipinski definition) is 0. The third-order valence-electron chi connectivity index (χ3n) is 4.84. The van der Waals surface area contributed by atoms with Crippen LogP contribution in [0.3, 0.4) is 0 Å². The lowest BCUT2D eigenvalue weighted by Gasteiger charge is -2.32. The van der Waals surface area contributed by atoms with Crippen LogP contribution in [0.15, 0.2) is 18.2 Å². The molecular weight excluding hydrogens is 319 g/mol. The van der Waals surface area contributed by atoms with Gasteiger partial charge in [0.15, 0.2) is 0 Å². The monoisotopic (exact) mass is 340 g/mol. The van der Waals surface area contributed by atoms with Gasteiger partial charge in [0.1, 0.15) is 5.82 Å². The van der Waals surface area contributed by atoms with Gasteiger partial charge >= 0.3 is 0 Å². The van der Waals surface area contributed by atoms with Crippen molar-refractivity contribution in [3.8, 4) is 0 Å². The second-order valence-corrected chi connectivity index (χ2v) is 6.70. The summed E-state index contributed by atoms with van der Waals surface area (Å²) in [5.41, 5.74) is 0.453. The van der Waals surface area contributed by atoms with Gasteiger partial charge in [-0.2, -0.15) is 0 Å². The molecule has 0 radical (unpaired) electrons. The molecule has 6 heteroatoms. The van der Waals surface area contributed by atoms with Crippen molar-refractivity contribution >= 4 is 17.5 Å². The second kappa shape index (κ2) is 7.16. The van der Waals surface area contributed by atoms with Gasteiger partial charge < -0.3 is 9.64 Å². The molecule has 3 rings (SSSR count). The molecular formula is C17H22ClFN2O2. The molecule has 2 fully saturated rings. The first-order valence-corrected chi connectivity index (χ1v) is 8.47. The summed E-state index contributed by atoms with van der Waals surface area (Å²) < 4.78 is 19.3. The van der Waals surface area contributed by atoms with Crippen LogP contribution in [0.5, 0.6) is 0 Å². The summed E-state index contributed by atoms with van der Waals surface area (Å²) >= 11 is 6.09. The van der Waals surface area contributed by atoms with Crippen LogP contribution in [-0.4, -0.2) is 54.6 Å². The number of hydrogen-bond acceptors (Lipinski definition) is 3. The first-order chi connectivity index (χ1) is 11.1. The minimum atomic E-state index is -0.323. The van der Waals surface area contributed by atoms with Crippen LogP contribution >= 0.6 is 11.6 Å². The van der Waals surface area contributed by atoms with Crippen molar-refractivity contribution in [3.05, 3.63) is 34.6 Å². The van der Waals surface area contributed by atoms with Crippen LogP contribution in [0.2, 0.25) is 5.02 Å². The average molecular weight is 341 g/mol. The zero-order valence-electron chi connectivity index (χ0n) is 13.3. The molecule has 0 aromatic heterocycles. The fraction of sp³-hybridized carbons (Fsp3) is 0.588. The van der Waals surface area contributed by atoms with Crippen molar-refractivity contribution in [1.29, 1.82) is 0 Å². The Morgan fingerprint density at radius 1 is 1.35 bits per heavy atom. The van der Waals surface area contributed by atoms with E-state index in [1.54, 1.807) is 12.1 Å². The summed E-state index contributed by atoms with van der Waals surface area (Å²) in [6.07, 6.45) is 2.58. The first-order valence-electron chi connectivity index (χ1n) is 8.09. The smallest absolute Gasteiger partial charge is 0.240 e. The third kappa shape index (κ3) is 3.52. The summed E-state index contributed by atoms with van der Waals surface area (Å²) in [4.78, 5) is 16.6. The van der Waals surface area contributed by atoms with Gasteiger partial charge in [-0.05, 0) is 38.4 Å². The van der Waals surface area contributed by atoms with Crippen molar-refractivity contribution in [1.82, 2.24) is 9.80 Å². The summed E-state index contributed by atoms with van der Waals surface area (Å²) in [5.74, 6) is -0.178. The molecule has 1 aromatic carbocycles. The van der Waals surface area contributed by atoms with E-state index in [2.05, 4.69) is 0 Å². The lowest BCUT2D eigenvalue weighted by atomic mass is 10.1. The molecule has 0 unspecified atom stereocenters. The fourth-order valence-corrected chi connectivity index (χ4v) is 3.72. The molecule has 2 aliphatic rings. The quantitative estimate of drug-likeness (QED) is 0.845. The Balaban J connectivity index is 1.66. The van der Waals surface area contributed by atoms with Gasteiger partial charge in [-0.25, -0.2) is 4.39 Å². The molecule has 1 atom stereocenters. The highest BCUT2D eigenvalue weighted by molar-refractivity contribution is 6.31. The molecule has 2 saturated heterocycles. The minimum Gasteiger partial charge on any atom is -0.381 e. The van der Waals surface area contributed by atoms with Crippen molar-refractivity contribution in [2.24, 2.45) is 0 Å². The van der Waals surface area contributed by atoms with Gasteiger partial charge in [0.05, 0.1) is 6.04 Å². The van der Waals surface area contributed by atoms with Crippen LogP contribution in [0.4, 0.5) is 4.39 Å². The van der Waals surface area contributed by atoms with Crippen molar-refractivity contribution in [2.75, 3.05) is 26.8 Å². The van der Waals surface area contributed by atoms with Gasteiger partial charge in [-0.3, -0.25) is 9.69 Å². The highest BCUT2D eigenvalue weighted by Gasteiger charge is 2.38. The Labute approximate surface area is 141 Å². The Hall–Kier alpha value is -1.17. The number of carbonyl (C=O) groups excluding carboxylic acids is 1. The Morgan fingerprint density at radius 2 is 2.09 bits per heavy atom. The van der Waals surface area contributed by atoms with Crippen LogP contribution in [-0.2, 0) is 16.1 Å². The van der Waals surface area contributed by atoms with E-state index in [9.17, 15) is 9.18 Å².